The van der Waals surface area contributed by atoms with Gasteiger partial charge in [0.05, 0.1) is 6.04 Å². The lowest BCUT2D eigenvalue weighted by Crippen LogP contribution is -2.23. The molecule has 2 nitrogen and oxygen atoms in total. The first-order chi connectivity index (χ1) is 9.60. The Kier molecular flexibility index (Phi) is 5.58. The third kappa shape index (κ3) is 4.05. The molecule has 1 aromatic carbocycles. The molecule has 1 unspecified atom stereocenters. The molecule has 0 saturated heterocycles. The number of pyridine rings is 1. The van der Waals surface area contributed by atoms with Crippen molar-refractivity contribution in [2.45, 2.75) is 26.3 Å². The number of benzene rings is 1. The molecule has 0 amide bonds. The maximum absolute atomic E-state index is 6.17. The minimum Gasteiger partial charge on any atom is -0.306 e. The topological polar surface area (TPSA) is 24.9 Å². The van der Waals surface area contributed by atoms with E-state index in [9.17, 15) is 0 Å². The number of nitrogens with zero attached hydrogens (tertiary/aromatic N) is 1. The van der Waals surface area contributed by atoms with Gasteiger partial charge >= 0.3 is 0 Å². The van der Waals surface area contributed by atoms with Crippen molar-refractivity contribution in [1.82, 2.24) is 10.3 Å². The Morgan fingerprint density at radius 1 is 1.25 bits per heavy atom. The quantitative estimate of drug-likeness (QED) is 0.827. The van der Waals surface area contributed by atoms with Crippen molar-refractivity contribution in [2.24, 2.45) is 0 Å². The van der Waals surface area contributed by atoms with Crippen molar-refractivity contribution >= 4 is 27.5 Å². The van der Waals surface area contributed by atoms with Gasteiger partial charge in [0.2, 0.25) is 0 Å². The van der Waals surface area contributed by atoms with Crippen molar-refractivity contribution in [1.29, 1.82) is 0 Å². The summed E-state index contributed by atoms with van der Waals surface area (Å²) in [6.07, 6.45) is 3.01. The molecule has 0 bridgehead atoms. The second-order valence-corrected chi connectivity index (χ2v) is 6.17. The number of nitrogens with one attached hydrogen (secondary N) is 1. The van der Waals surface area contributed by atoms with E-state index in [0.29, 0.717) is 0 Å². The molecule has 0 aliphatic rings. The fraction of sp³-hybridized carbons (Fsp3) is 0.312. The molecule has 0 fully saturated rings. The minimum absolute atomic E-state index is 0.109. The number of aromatic nitrogens is 1. The van der Waals surface area contributed by atoms with Gasteiger partial charge in [-0.05, 0) is 55.3 Å². The van der Waals surface area contributed by atoms with Gasteiger partial charge in [-0.1, -0.05) is 40.5 Å². The molecule has 0 aliphatic carbocycles. The smallest absolute Gasteiger partial charge is 0.0592 e. The Hall–Kier alpha value is -0.900. The van der Waals surface area contributed by atoms with Crippen LogP contribution in [0.15, 0.2) is 41.0 Å². The molecule has 0 radical (unpaired) electrons. The molecule has 4 heteroatoms. The predicted octanol–water partition coefficient (Wildman–Crippen LogP) is 4.89. The van der Waals surface area contributed by atoms with E-state index in [4.69, 9.17) is 11.6 Å². The highest BCUT2D eigenvalue weighted by Gasteiger charge is 2.14. The minimum atomic E-state index is 0.109. The fourth-order valence-corrected chi connectivity index (χ4v) is 2.99. The second kappa shape index (κ2) is 7.21. The molecule has 2 aromatic rings. The van der Waals surface area contributed by atoms with Crippen molar-refractivity contribution in [3.63, 3.8) is 0 Å². The number of halogens is 2. The van der Waals surface area contributed by atoms with Crippen LogP contribution < -0.4 is 5.32 Å². The molecule has 1 heterocycles. The average Bonchev–Trinajstić information content (AvgIpc) is 2.40. The molecule has 106 valence electrons. The number of rotatable bonds is 5. The molecule has 1 atom stereocenters. The van der Waals surface area contributed by atoms with Crippen LogP contribution in [-0.4, -0.2) is 11.5 Å². The summed E-state index contributed by atoms with van der Waals surface area (Å²) < 4.78 is 0.989. The number of hydrogen-bond acceptors (Lipinski definition) is 2. The first-order valence-corrected chi connectivity index (χ1v) is 7.89. The van der Waals surface area contributed by atoms with Gasteiger partial charge in [-0.3, -0.25) is 4.98 Å². The highest BCUT2D eigenvalue weighted by Crippen LogP contribution is 2.28. The van der Waals surface area contributed by atoms with Crippen molar-refractivity contribution < 1.29 is 0 Å². The molecule has 0 aliphatic heterocycles. The third-order valence-corrected chi connectivity index (χ3v) is 3.76. The first-order valence-electron chi connectivity index (χ1n) is 6.72. The van der Waals surface area contributed by atoms with Crippen LogP contribution in [0.5, 0.6) is 0 Å². The van der Waals surface area contributed by atoms with Crippen LogP contribution in [0.1, 0.15) is 36.2 Å². The standard InChI is InChI=1S/C16H18BrClN2/c1-3-6-19-16(12-5-4-11(2)20-10-12)13-7-14(17)9-15(18)8-13/h4-5,7-10,16,19H,3,6H2,1-2H3. The zero-order valence-corrected chi connectivity index (χ0v) is 14.0. The van der Waals surface area contributed by atoms with Gasteiger partial charge in [-0.15, -0.1) is 0 Å². The zero-order valence-electron chi connectivity index (χ0n) is 11.7. The zero-order chi connectivity index (χ0) is 14.5. The number of aryl methyl sites for hydroxylation is 1. The van der Waals surface area contributed by atoms with Crippen LogP contribution in [0.4, 0.5) is 0 Å². The van der Waals surface area contributed by atoms with E-state index in [2.05, 4.69) is 45.3 Å². The molecule has 20 heavy (non-hydrogen) atoms. The highest BCUT2D eigenvalue weighted by atomic mass is 79.9. The average molecular weight is 354 g/mol. The van der Waals surface area contributed by atoms with Gasteiger partial charge in [0, 0.05) is 21.4 Å². The summed E-state index contributed by atoms with van der Waals surface area (Å²) >= 11 is 9.67. The van der Waals surface area contributed by atoms with E-state index < -0.39 is 0 Å². The molecular weight excluding hydrogens is 336 g/mol. The van der Waals surface area contributed by atoms with Gasteiger partial charge in [-0.2, -0.15) is 0 Å². The van der Waals surface area contributed by atoms with Crippen molar-refractivity contribution in [2.75, 3.05) is 6.54 Å². The summed E-state index contributed by atoms with van der Waals surface area (Å²) in [7, 11) is 0. The van der Waals surface area contributed by atoms with E-state index in [1.54, 1.807) is 0 Å². The third-order valence-electron chi connectivity index (χ3n) is 3.08. The lowest BCUT2D eigenvalue weighted by Gasteiger charge is -2.20. The van der Waals surface area contributed by atoms with Crippen LogP contribution in [-0.2, 0) is 0 Å². The summed E-state index contributed by atoms with van der Waals surface area (Å²) in [4.78, 5) is 4.39. The predicted molar refractivity (Wildman–Crippen MR) is 88.3 cm³/mol. The van der Waals surface area contributed by atoms with E-state index in [-0.39, 0.29) is 6.04 Å². The maximum atomic E-state index is 6.17. The Morgan fingerprint density at radius 2 is 2.05 bits per heavy atom. The van der Waals surface area contributed by atoms with E-state index in [1.165, 1.54) is 0 Å². The Morgan fingerprint density at radius 3 is 2.65 bits per heavy atom. The Bertz CT molecular complexity index is 549. The summed E-state index contributed by atoms with van der Waals surface area (Å²) in [5.74, 6) is 0. The maximum Gasteiger partial charge on any atom is 0.0592 e. The van der Waals surface area contributed by atoms with E-state index in [1.807, 2.05) is 31.3 Å². The molecule has 1 aromatic heterocycles. The van der Waals surface area contributed by atoms with Crippen LogP contribution in [0.2, 0.25) is 5.02 Å². The van der Waals surface area contributed by atoms with Crippen LogP contribution in [0.3, 0.4) is 0 Å². The van der Waals surface area contributed by atoms with Crippen LogP contribution in [0, 0.1) is 6.92 Å². The normalized spacial score (nSPS) is 12.4. The largest absolute Gasteiger partial charge is 0.306 e. The van der Waals surface area contributed by atoms with Gasteiger partial charge < -0.3 is 5.32 Å². The number of hydrogen-bond donors (Lipinski definition) is 1. The molecule has 0 spiro atoms. The lowest BCUT2D eigenvalue weighted by atomic mass is 10.00. The summed E-state index contributed by atoms with van der Waals surface area (Å²) in [5, 5.41) is 4.29. The molecule has 0 saturated carbocycles. The Balaban J connectivity index is 2.38. The van der Waals surface area contributed by atoms with Crippen LogP contribution >= 0.6 is 27.5 Å². The van der Waals surface area contributed by atoms with E-state index >= 15 is 0 Å². The molecule has 1 N–H and O–H groups in total. The van der Waals surface area contributed by atoms with Gasteiger partial charge in [0.1, 0.15) is 0 Å². The summed E-state index contributed by atoms with van der Waals surface area (Å²) in [5.41, 5.74) is 3.32. The highest BCUT2D eigenvalue weighted by molar-refractivity contribution is 9.10. The molecular formula is C16H18BrClN2. The van der Waals surface area contributed by atoms with Gasteiger partial charge in [0.25, 0.3) is 0 Å². The molecule has 2 rings (SSSR count). The van der Waals surface area contributed by atoms with Crippen molar-refractivity contribution in [3.05, 3.63) is 62.8 Å². The first kappa shape index (κ1) is 15.5. The summed E-state index contributed by atoms with van der Waals surface area (Å²) in [6.45, 7) is 5.10. The van der Waals surface area contributed by atoms with Crippen molar-refractivity contribution in [3.8, 4) is 0 Å². The second-order valence-electron chi connectivity index (χ2n) is 4.82. The van der Waals surface area contributed by atoms with Gasteiger partial charge in [-0.25, -0.2) is 0 Å². The SMILES string of the molecule is CCCNC(c1ccc(C)nc1)c1cc(Cl)cc(Br)c1. The lowest BCUT2D eigenvalue weighted by molar-refractivity contribution is 0.596. The Labute approximate surface area is 133 Å². The monoisotopic (exact) mass is 352 g/mol. The van der Waals surface area contributed by atoms with Gasteiger partial charge in [0.15, 0.2) is 0 Å². The van der Waals surface area contributed by atoms with Crippen LogP contribution in [0.25, 0.3) is 0 Å². The van der Waals surface area contributed by atoms with E-state index in [0.717, 1.165) is 39.3 Å². The summed E-state index contributed by atoms with van der Waals surface area (Å²) in [6, 6.07) is 10.3. The fourth-order valence-electron chi connectivity index (χ4n) is 2.11.